The van der Waals surface area contributed by atoms with Crippen molar-refractivity contribution in [2.75, 3.05) is 0 Å². The van der Waals surface area contributed by atoms with Gasteiger partial charge in [-0.3, -0.25) is 0 Å². The minimum atomic E-state index is -0.987. The van der Waals surface area contributed by atoms with Crippen molar-refractivity contribution < 1.29 is 23.5 Å². The fourth-order valence-corrected chi connectivity index (χ4v) is 1.80. The molecule has 0 aromatic heterocycles. The Hall–Kier alpha value is -3.17. The minimum absolute atomic E-state index is 0.0723. The molecule has 0 bridgehead atoms. The van der Waals surface area contributed by atoms with Gasteiger partial charge in [-0.2, -0.15) is 5.26 Å². The normalized spacial score (nSPS) is 10.2. The van der Waals surface area contributed by atoms with Crippen LogP contribution >= 0.6 is 11.6 Å². The van der Waals surface area contributed by atoms with Gasteiger partial charge in [0.25, 0.3) is 0 Å². The lowest BCUT2D eigenvalue weighted by atomic mass is 10.2. The van der Waals surface area contributed by atoms with Gasteiger partial charge in [0.1, 0.15) is 5.75 Å². The van der Waals surface area contributed by atoms with E-state index in [1.807, 2.05) is 6.07 Å². The van der Waals surface area contributed by atoms with E-state index < -0.39 is 23.5 Å². The van der Waals surface area contributed by atoms with Crippen LogP contribution in [0, 0.1) is 17.1 Å². The SMILES string of the molecule is N#Cc1ccc(OC(=O)/C=C/C(=O)Oc2c(F)cccc2Cl)cc1. The Morgan fingerprint density at radius 1 is 1.04 bits per heavy atom. The van der Waals surface area contributed by atoms with Crippen LogP contribution in [0.3, 0.4) is 0 Å². The number of halogens is 2. The molecule has 120 valence electrons. The van der Waals surface area contributed by atoms with E-state index in [9.17, 15) is 14.0 Å². The van der Waals surface area contributed by atoms with E-state index >= 15 is 0 Å². The highest BCUT2D eigenvalue weighted by molar-refractivity contribution is 6.32. The Bertz CT molecular complexity index is 820. The summed E-state index contributed by atoms with van der Waals surface area (Å²) in [7, 11) is 0. The first kappa shape index (κ1) is 17.2. The lowest BCUT2D eigenvalue weighted by Gasteiger charge is -2.04. The number of carbonyl (C=O) groups excluding carboxylic acids is 2. The Kier molecular flexibility index (Phi) is 5.66. The van der Waals surface area contributed by atoms with Gasteiger partial charge in [0.2, 0.25) is 0 Å². The van der Waals surface area contributed by atoms with E-state index in [0.29, 0.717) is 5.56 Å². The first-order chi connectivity index (χ1) is 11.5. The second-order valence-corrected chi connectivity index (χ2v) is 4.77. The van der Waals surface area contributed by atoms with Gasteiger partial charge in [0.05, 0.1) is 16.7 Å². The molecule has 0 unspecified atom stereocenters. The first-order valence-electron chi connectivity index (χ1n) is 6.55. The molecule has 0 fully saturated rings. The number of carbonyl (C=O) groups is 2. The Balaban J connectivity index is 1.95. The van der Waals surface area contributed by atoms with Crippen molar-refractivity contribution in [2.45, 2.75) is 0 Å². The van der Waals surface area contributed by atoms with Gasteiger partial charge in [-0.15, -0.1) is 0 Å². The summed E-state index contributed by atoms with van der Waals surface area (Å²) < 4.78 is 23.1. The number of hydrogen-bond donors (Lipinski definition) is 0. The van der Waals surface area contributed by atoms with Gasteiger partial charge in [-0.1, -0.05) is 17.7 Å². The molecule has 2 aromatic carbocycles. The van der Waals surface area contributed by atoms with Crippen molar-refractivity contribution in [3.8, 4) is 17.6 Å². The zero-order chi connectivity index (χ0) is 17.5. The van der Waals surface area contributed by atoms with Crippen molar-refractivity contribution in [3.05, 3.63) is 71.0 Å². The lowest BCUT2D eigenvalue weighted by molar-refractivity contribution is -0.131. The van der Waals surface area contributed by atoms with E-state index in [4.69, 9.17) is 26.3 Å². The highest BCUT2D eigenvalue weighted by Crippen LogP contribution is 2.27. The third kappa shape index (κ3) is 4.66. The zero-order valence-corrected chi connectivity index (χ0v) is 12.8. The van der Waals surface area contributed by atoms with Gasteiger partial charge in [-0.25, -0.2) is 14.0 Å². The van der Waals surface area contributed by atoms with Crippen LogP contribution in [0.15, 0.2) is 54.6 Å². The number of nitriles is 1. The van der Waals surface area contributed by atoms with Crippen LogP contribution in [0.4, 0.5) is 4.39 Å². The Morgan fingerprint density at radius 2 is 1.67 bits per heavy atom. The number of nitrogens with zero attached hydrogens (tertiary/aromatic N) is 1. The predicted molar refractivity (Wildman–Crippen MR) is 83.0 cm³/mol. The van der Waals surface area contributed by atoms with Crippen LogP contribution in [0.5, 0.6) is 11.5 Å². The quantitative estimate of drug-likeness (QED) is 0.482. The van der Waals surface area contributed by atoms with Crippen molar-refractivity contribution >= 4 is 23.5 Å². The summed E-state index contributed by atoms with van der Waals surface area (Å²) in [4.78, 5) is 23.2. The largest absolute Gasteiger partial charge is 0.423 e. The van der Waals surface area contributed by atoms with Gasteiger partial charge in [0.15, 0.2) is 11.6 Å². The van der Waals surface area contributed by atoms with Crippen molar-refractivity contribution in [1.29, 1.82) is 5.26 Å². The third-order valence-electron chi connectivity index (χ3n) is 2.68. The molecule has 5 nitrogen and oxygen atoms in total. The molecule has 2 rings (SSSR count). The van der Waals surface area contributed by atoms with E-state index in [-0.39, 0.29) is 10.8 Å². The highest BCUT2D eigenvalue weighted by atomic mass is 35.5. The summed E-state index contributed by atoms with van der Waals surface area (Å²) in [6, 6.07) is 11.5. The second kappa shape index (κ2) is 7.90. The van der Waals surface area contributed by atoms with Crippen molar-refractivity contribution in [3.63, 3.8) is 0 Å². The van der Waals surface area contributed by atoms with Crippen molar-refractivity contribution in [2.24, 2.45) is 0 Å². The molecule has 0 atom stereocenters. The molecule has 0 spiro atoms. The van der Waals surface area contributed by atoms with Crippen LogP contribution < -0.4 is 9.47 Å². The highest BCUT2D eigenvalue weighted by Gasteiger charge is 2.12. The summed E-state index contributed by atoms with van der Waals surface area (Å²) in [5.41, 5.74) is 0.413. The van der Waals surface area contributed by atoms with E-state index in [2.05, 4.69) is 0 Å². The molecule has 0 radical (unpaired) electrons. The van der Waals surface area contributed by atoms with Gasteiger partial charge in [0, 0.05) is 12.2 Å². The van der Waals surface area contributed by atoms with Gasteiger partial charge >= 0.3 is 11.9 Å². The molecule has 0 heterocycles. The monoisotopic (exact) mass is 345 g/mol. The lowest BCUT2D eigenvalue weighted by Crippen LogP contribution is -2.09. The first-order valence-corrected chi connectivity index (χ1v) is 6.93. The summed E-state index contributed by atoms with van der Waals surface area (Å²) in [5.74, 6) is -2.84. The van der Waals surface area contributed by atoms with Gasteiger partial charge < -0.3 is 9.47 Å². The van der Waals surface area contributed by atoms with Crippen LogP contribution in [-0.2, 0) is 9.59 Å². The molecular formula is C17H9ClFNO4. The predicted octanol–water partition coefficient (Wildman–Crippen LogP) is 3.42. The number of rotatable bonds is 4. The number of para-hydroxylation sites is 1. The number of hydrogen-bond acceptors (Lipinski definition) is 5. The van der Waals surface area contributed by atoms with E-state index in [1.54, 1.807) is 0 Å². The number of esters is 2. The Morgan fingerprint density at radius 3 is 2.25 bits per heavy atom. The average Bonchev–Trinajstić information content (AvgIpc) is 2.57. The zero-order valence-electron chi connectivity index (χ0n) is 12.0. The van der Waals surface area contributed by atoms with E-state index in [0.717, 1.165) is 18.2 Å². The maximum Gasteiger partial charge on any atom is 0.336 e. The topological polar surface area (TPSA) is 76.4 Å². The van der Waals surface area contributed by atoms with Crippen LogP contribution in [0.25, 0.3) is 0 Å². The smallest absolute Gasteiger partial charge is 0.336 e. The molecule has 0 saturated carbocycles. The maximum absolute atomic E-state index is 13.5. The molecule has 0 N–H and O–H groups in total. The second-order valence-electron chi connectivity index (χ2n) is 4.36. The summed E-state index contributed by atoms with van der Waals surface area (Å²) >= 11 is 5.71. The van der Waals surface area contributed by atoms with Crippen LogP contribution in [-0.4, -0.2) is 11.9 Å². The molecule has 0 aliphatic heterocycles. The standard InChI is InChI=1S/C17H9ClFNO4/c18-13-2-1-3-14(19)17(13)24-16(22)9-8-15(21)23-12-6-4-11(10-20)5-7-12/h1-9H/b9-8+. The molecule has 0 saturated heterocycles. The summed E-state index contributed by atoms with van der Waals surface area (Å²) in [5, 5.41) is 8.59. The number of ether oxygens (including phenoxy) is 2. The summed E-state index contributed by atoms with van der Waals surface area (Å²) in [6.45, 7) is 0. The van der Waals surface area contributed by atoms with Crippen LogP contribution in [0.2, 0.25) is 5.02 Å². The van der Waals surface area contributed by atoms with Crippen molar-refractivity contribution in [1.82, 2.24) is 0 Å². The number of benzene rings is 2. The fraction of sp³-hybridized carbons (Fsp3) is 0. The maximum atomic E-state index is 13.5. The minimum Gasteiger partial charge on any atom is -0.423 e. The van der Waals surface area contributed by atoms with E-state index in [1.165, 1.54) is 36.4 Å². The molecule has 0 aliphatic carbocycles. The molecule has 24 heavy (non-hydrogen) atoms. The van der Waals surface area contributed by atoms with Crippen LogP contribution in [0.1, 0.15) is 5.56 Å². The molecule has 7 heteroatoms. The average molecular weight is 346 g/mol. The molecule has 0 aliphatic rings. The third-order valence-corrected chi connectivity index (χ3v) is 2.98. The molecule has 0 amide bonds. The van der Waals surface area contributed by atoms with Gasteiger partial charge in [-0.05, 0) is 36.4 Å². The summed E-state index contributed by atoms with van der Waals surface area (Å²) in [6.07, 6.45) is 1.62. The molecular weight excluding hydrogens is 337 g/mol. The Labute approximate surface area is 141 Å². The fourth-order valence-electron chi connectivity index (χ4n) is 1.60. The molecule has 2 aromatic rings.